The molecule has 1 atom stereocenters. The van der Waals surface area contributed by atoms with Crippen LogP contribution in [0.4, 0.5) is 0 Å². The summed E-state index contributed by atoms with van der Waals surface area (Å²) in [5.74, 6) is 0.508. The smallest absolute Gasteiger partial charge is 0.311 e. The Hall–Kier alpha value is -4.49. The van der Waals surface area contributed by atoms with Crippen LogP contribution < -0.4 is 10.3 Å². The molecule has 6 rings (SSSR count). The largest absolute Gasteiger partial charge is 0.493 e. The number of pyridine rings is 2. The molecular formula is C39H42N2O5. The highest BCUT2D eigenvalue weighted by molar-refractivity contribution is 6.07. The first-order chi connectivity index (χ1) is 21.7. The molecule has 0 bridgehead atoms. The Morgan fingerprint density at radius 1 is 1.00 bits per heavy atom. The van der Waals surface area contributed by atoms with Crippen LogP contribution in [0.25, 0.3) is 38.6 Å². The predicted octanol–water partition coefficient (Wildman–Crippen LogP) is 8.20. The van der Waals surface area contributed by atoms with Crippen molar-refractivity contribution in [2.45, 2.75) is 73.5 Å². The molecule has 5 aromatic rings. The third-order valence-electron chi connectivity index (χ3n) is 8.34. The number of hydrogen-bond acceptors (Lipinski definition) is 6. The van der Waals surface area contributed by atoms with E-state index in [9.17, 15) is 9.59 Å². The number of ether oxygens (including phenoxy) is 3. The van der Waals surface area contributed by atoms with E-state index in [1.165, 1.54) is 5.56 Å². The third kappa shape index (κ3) is 5.92. The minimum absolute atomic E-state index is 0.0298. The van der Waals surface area contributed by atoms with Gasteiger partial charge < -0.3 is 14.2 Å². The van der Waals surface area contributed by atoms with Crippen LogP contribution in [0.3, 0.4) is 0 Å². The van der Waals surface area contributed by atoms with Crippen molar-refractivity contribution in [3.05, 3.63) is 99.5 Å². The molecule has 0 N–H and O–H groups in total. The molecule has 0 aliphatic carbocycles. The molecular weight excluding hydrogens is 576 g/mol. The van der Waals surface area contributed by atoms with Gasteiger partial charge in [-0.2, -0.15) is 0 Å². The summed E-state index contributed by atoms with van der Waals surface area (Å²) in [6, 6.07) is 19.6. The predicted molar refractivity (Wildman–Crippen MR) is 183 cm³/mol. The molecule has 46 heavy (non-hydrogen) atoms. The molecule has 1 aliphatic rings. The van der Waals surface area contributed by atoms with Gasteiger partial charge in [0.2, 0.25) is 0 Å². The van der Waals surface area contributed by atoms with Crippen molar-refractivity contribution in [2.24, 2.45) is 5.41 Å². The van der Waals surface area contributed by atoms with Crippen LogP contribution in [-0.2, 0) is 20.7 Å². The summed E-state index contributed by atoms with van der Waals surface area (Å²) in [5.41, 5.74) is 6.86. The fourth-order valence-corrected chi connectivity index (χ4v) is 6.35. The zero-order valence-electron chi connectivity index (χ0n) is 28.0. The van der Waals surface area contributed by atoms with E-state index in [4.69, 9.17) is 19.2 Å². The standard InChI is InChI=1S/C39H42N2O5/c1-23-10-9-11-26(20-23)41-29-21-24(2)33(31(46-39(6,7)8)22-45-37(43)38(3,4)5)35(27(29)13-15-32(41)42)28-12-14-30-34-25(17-19-44-30)16-18-40-36(28)34/h9-16,18,20-21,31H,17,19,22H2,1-8H3/t31-/m1/s1. The molecule has 2 aromatic heterocycles. The maximum absolute atomic E-state index is 13.6. The highest BCUT2D eigenvalue weighted by Gasteiger charge is 2.32. The van der Waals surface area contributed by atoms with E-state index in [-0.39, 0.29) is 18.1 Å². The van der Waals surface area contributed by atoms with Crippen LogP contribution in [-0.4, -0.2) is 34.3 Å². The number of nitrogens with zero attached hydrogens (tertiary/aromatic N) is 2. The van der Waals surface area contributed by atoms with Gasteiger partial charge in [-0.05, 0) is 126 Å². The average Bonchev–Trinajstić information content (AvgIpc) is 2.98. The van der Waals surface area contributed by atoms with Crippen LogP contribution in [0.5, 0.6) is 5.75 Å². The van der Waals surface area contributed by atoms with Gasteiger partial charge in [0, 0.05) is 40.7 Å². The molecule has 7 heteroatoms. The number of fused-ring (bicyclic) bond motifs is 1. The molecule has 3 aromatic carbocycles. The number of carbonyl (C=O) groups excluding carboxylic acids is 1. The maximum Gasteiger partial charge on any atom is 0.311 e. The van der Waals surface area contributed by atoms with Crippen LogP contribution in [0.2, 0.25) is 0 Å². The molecule has 7 nitrogen and oxygen atoms in total. The first kappa shape index (κ1) is 31.5. The zero-order chi connectivity index (χ0) is 33.0. The van der Waals surface area contributed by atoms with Gasteiger partial charge in [-0.25, -0.2) is 0 Å². The van der Waals surface area contributed by atoms with Crippen molar-refractivity contribution in [3.8, 4) is 22.6 Å². The van der Waals surface area contributed by atoms with E-state index in [2.05, 4.69) is 12.1 Å². The van der Waals surface area contributed by atoms with E-state index < -0.39 is 17.1 Å². The lowest BCUT2D eigenvalue weighted by atomic mass is 9.86. The number of benzene rings is 3. The second-order valence-electron chi connectivity index (χ2n) is 14.2. The van der Waals surface area contributed by atoms with Crippen LogP contribution >= 0.6 is 0 Å². The first-order valence-electron chi connectivity index (χ1n) is 15.9. The van der Waals surface area contributed by atoms with Gasteiger partial charge in [-0.15, -0.1) is 0 Å². The summed E-state index contributed by atoms with van der Waals surface area (Å²) in [6.45, 7) is 16.2. The Morgan fingerprint density at radius 2 is 1.78 bits per heavy atom. The molecule has 0 amide bonds. The van der Waals surface area contributed by atoms with E-state index >= 15 is 0 Å². The Morgan fingerprint density at radius 3 is 2.50 bits per heavy atom. The summed E-state index contributed by atoms with van der Waals surface area (Å²) < 4.78 is 20.5. The van der Waals surface area contributed by atoms with Gasteiger partial charge in [-0.3, -0.25) is 19.1 Å². The Kier molecular flexibility index (Phi) is 8.01. The fourth-order valence-electron chi connectivity index (χ4n) is 6.35. The fraction of sp³-hybridized carbons (Fsp3) is 0.359. The normalized spacial score (nSPS) is 13.9. The quantitative estimate of drug-likeness (QED) is 0.179. The first-order valence-corrected chi connectivity index (χ1v) is 15.9. The van der Waals surface area contributed by atoms with Crippen molar-refractivity contribution >= 4 is 27.8 Å². The van der Waals surface area contributed by atoms with Gasteiger partial charge in [0.25, 0.3) is 5.56 Å². The maximum atomic E-state index is 13.6. The van der Waals surface area contributed by atoms with E-state index in [0.29, 0.717) is 6.61 Å². The minimum Gasteiger partial charge on any atom is -0.493 e. The van der Waals surface area contributed by atoms with E-state index in [1.54, 1.807) is 10.6 Å². The third-order valence-corrected chi connectivity index (χ3v) is 8.34. The van der Waals surface area contributed by atoms with Crippen molar-refractivity contribution in [1.29, 1.82) is 0 Å². The van der Waals surface area contributed by atoms with Crippen LogP contribution in [0.15, 0.2) is 71.7 Å². The molecule has 0 saturated heterocycles. The molecule has 0 unspecified atom stereocenters. The molecule has 0 fully saturated rings. The lowest BCUT2D eigenvalue weighted by Crippen LogP contribution is -2.30. The summed E-state index contributed by atoms with van der Waals surface area (Å²) in [5, 5.41) is 1.86. The summed E-state index contributed by atoms with van der Waals surface area (Å²) in [6.07, 6.45) is 2.04. The highest BCUT2D eigenvalue weighted by atomic mass is 16.6. The summed E-state index contributed by atoms with van der Waals surface area (Å²) in [4.78, 5) is 31.5. The van der Waals surface area contributed by atoms with Crippen molar-refractivity contribution in [1.82, 2.24) is 9.55 Å². The molecule has 0 radical (unpaired) electrons. The monoisotopic (exact) mass is 618 g/mol. The number of hydrogen-bond donors (Lipinski definition) is 0. The van der Waals surface area contributed by atoms with Crippen LogP contribution in [0.1, 0.15) is 69.9 Å². The SMILES string of the molecule is Cc1cccc(-n2c(=O)ccc3c(-c4ccc5c6c(ccnc46)CCO5)c([C@@H](COC(=O)C(C)(C)C)OC(C)(C)C)c(C)cc32)c1. The van der Waals surface area contributed by atoms with E-state index in [0.717, 1.165) is 67.5 Å². The second-order valence-corrected chi connectivity index (χ2v) is 14.2. The van der Waals surface area contributed by atoms with Crippen molar-refractivity contribution in [2.75, 3.05) is 13.2 Å². The van der Waals surface area contributed by atoms with Gasteiger partial charge in [0.15, 0.2) is 0 Å². The summed E-state index contributed by atoms with van der Waals surface area (Å²) in [7, 11) is 0. The Bertz CT molecular complexity index is 2040. The van der Waals surface area contributed by atoms with Gasteiger partial charge in [0.05, 0.1) is 28.7 Å². The second kappa shape index (κ2) is 11.7. The van der Waals surface area contributed by atoms with Crippen LogP contribution in [0, 0.1) is 19.3 Å². The number of carbonyl (C=O) groups is 1. The van der Waals surface area contributed by atoms with E-state index in [1.807, 2.05) is 104 Å². The number of aryl methyl sites for hydroxylation is 2. The topological polar surface area (TPSA) is 79.7 Å². The molecule has 1 aliphatic heterocycles. The lowest BCUT2D eigenvalue weighted by molar-refractivity contribution is -0.162. The molecule has 0 spiro atoms. The van der Waals surface area contributed by atoms with Gasteiger partial charge in [0.1, 0.15) is 18.5 Å². The number of aromatic nitrogens is 2. The highest BCUT2D eigenvalue weighted by Crippen LogP contribution is 2.45. The zero-order valence-corrected chi connectivity index (χ0v) is 28.0. The average molecular weight is 619 g/mol. The number of rotatable bonds is 6. The molecule has 238 valence electrons. The Labute approximate surface area is 270 Å². The molecule has 3 heterocycles. The number of esters is 1. The Balaban J connectivity index is 1.71. The van der Waals surface area contributed by atoms with Gasteiger partial charge in [-0.1, -0.05) is 12.1 Å². The van der Waals surface area contributed by atoms with Crippen molar-refractivity contribution < 1.29 is 19.0 Å². The van der Waals surface area contributed by atoms with Crippen molar-refractivity contribution in [3.63, 3.8) is 0 Å². The summed E-state index contributed by atoms with van der Waals surface area (Å²) >= 11 is 0. The lowest BCUT2D eigenvalue weighted by Gasteiger charge is -2.32. The minimum atomic E-state index is -0.669. The molecule has 0 saturated carbocycles. The van der Waals surface area contributed by atoms with Gasteiger partial charge >= 0.3 is 5.97 Å².